The molecule has 1 saturated heterocycles. The summed E-state index contributed by atoms with van der Waals surface area (Å²) in [5, 5.41) is 10.4. The number of hydrogen-bond acceptors (Lipinski definition) is 8. The van der Waals surface area contributed by atoms with Crippen LogP contribution in [0.4, 0.5) is 10.1 Å². The number of piperazine rings is 1. The van der Waals surface area contributed by atoms with Gasteiger partial charge in [0.2, 0.25) is 0 Å². The van der Waals surface area contributed by atoms with E-state index in [9.17, 15) is 19.1 Å². The molecule has 0 spiro atoms. The predicted octanol–water partition coefficient (Wildman–Crippen LogP) is 7.57. The van der Waals surface area contributed by atoms with Crippen molar-refractivity contribution in [2.24, 2.45) is 0 Å². The number of aryl methyl sites for hydroxylation is 1. The predicted molar refractivity (Wildman–Crippen MR) is 179 cm³/mol. The van der Waals surface area contributed by atoms with Crippen LogP contribution in [-0.4, -0.2) is 58.5 Å². The van der Waals surface area contributed by atoms with Crippen LogP contribution < -0.4 is 9.64 Å². The Labute approximate surface area is 272 Å². The molecule has 3 aromatic carbocycles. The molecule has 0 amide bonds. The van der Waals surface area contributed by atoms with Gasteiger partial charge in [0.15, 0.2) is 11.4 Å². The minimum absolute atomic E-state index is 0.0697. The summed E-state index contributed by atoms with van der Waals surface area (Å²) >= 11 is 3.35. The van der Waals surface area contributed by atoms with Crippen LogP contribution in [0.25, 0.3) is 10.6 Å². The molecule has 1 aliphatic heterocycles. The second kappa shape index (κ2) is 14.1. The van der Waals surface area contributed by atoms with Crippen LogP contribution in [0.5, 0.6) is 5.75 Å². The molecule has 0 bridgehead atoms. The first kappa shape index (κ1) is 32.7. The molecule has 0 unspecified atom stereocenters. The number of carbonyl (C=O) groups excluding carboxylic acids is 1. The molecule has 1 fully saturated rings. The van der Waals surface area contributed by atoms with Gasteiger partial charge in [-0.25, -0.2) is 14.2 Å². The monoisotopic (exact) mass is 647 g/mol. The normalized spacial score (nSPS) is 14.0. The number of hydrogen-bond donors (Lipinski definition) is 1. The van der Waals surface area contributed by atoms with Crippen LogP contribution in [0.3, 0.4) is 0 Å². The van der Waals surface area contributed by atoms with Crippen molar-refractivity contribution >= 4 is 40.5 Å². The molecule has 1 aliphatic rings. The topological polar surface area (TPSA) is 83.0 Å². The van der Waals surface area contributed by atoms with Crippen molar-refractivity contribution in [2.75, 3.05) is 31.1 Å². The number of carboxylic acid groups (broad SMARTS) is 1. The van der Waals surface area contributed by atoms with Gasteiger partial charge in [0.05, 0.1) is 5.69 Å². The molecular formula is C35H38FN3O4S2. The van der Waals surface area contributed by atoms with Crippen molar-refractivity contribution in [3.05, 3.63) is 94.2 Å². The lowest BCUT2D eigenvalue weighted by Crippen LogP contribution is -2.46. The van der Waals surface area contributed by atoms with Crippen LogP contribution in [-0.2, 0) is 23.5 Å². The number of benzene rings is 3. The number of nitrogens with zero attached hydrogens (tertiary/aromatic N) is 3. The number of aliphatic carboxylic acids is 1. The Morgan fingerprint density at radius 2 is 1.71 bits per heavy atom. The molecule has 1 aromatic heterocycles. The highest BCUT2D eigenvalue weighted by Gasteiger charge is 2.30. The van der Waals surface area contributed by atoms with E-state index < -0.39 is 11.6 Å². The Morgan fingerprint density at radius 3 is 2.33 bits per heavy atom. The minimum atomic E-state index is -1.32. The van der Waals surface area contributed by atoms with Gasteiger partial charge in [0.25, 0.3) is 0 Å². The van der Waals surface area contributed by atoms with Gasteiger partial charge >= 0.3 is 5.97 Å². The third-order valence-electron chi connectivity index (χ3n) is 7.92. The molecule has 0 atom stereocenters. The molecule has 5 rings (SSSR count). The van der Waals surface area contributed by atoms with E-state index in [4.69, 9.17) is 9.72 Å². The van der Waals surface area contributed by atoms with Gasteiger partial charge in [-0.15, -0.1) is 23.1 Å². The fourth-order valence-corrected chi connectivity index (χ4v) is 7.25. The van der Waals surface area contributed by atoms with Crippen molar-refractivity contribution < 1.29 is 23.8 Å². The molecule has 0 radical (unpaired) electrons. The van der Waals surface area contributed by atoms with E-state index >= 15 is 0 Å². The summed E-state index contributed by atoms with van der Waals surface area (Å²) in [6, 6.07) is 20.2. The van der Waals surface area contributed by atoms with Gasteiger partial charge < -0.3 is 14.7 Å². The number of thiazole rings is 1. The largest absolute Gasteiger partial charge is 0.478 e. The van der Waals surface area contributed by atoms with Crippen molar-refractivity contribution in [1.82, 2.24) is 9.88 Å². The van der Waals surface area contributed by atoms with E-state index in [1.807, 2.05) is 43.3 Å². The van der Waals surface area contributed by atoms with E-state index in [1.165, 1.54) is 17.0 Å². The summed E-state index contributed by atoms with van der Waals surface area (Å²) in [5.41, 5.74) is 3.41. The summed E-state index contributed by atoms with van der Waals surface area (Å²) in [4.78, 5) is 35.3. The van der Waals surface area contributed by atoms with E-state index in [2.05, 4.69) is 15.9 Å². The van der Waals surface area contributed by atoms with Crippen LogP contribution in [0, 0.1) is 5.82 Å². The van der Waals surface area contributed by atoms with Crippen LogP contribution in [0.1, 0.15) is 54.2 Å². The molecule has 236 valence electrons. The molecule has 10 heteroatoms. The lowest BCUT2D eigenvalue weighted by molar-refractivity contribution is -0.152. The van der Waals surface area contributed by atoms with E-state index in [-0.39, 0.29) is 11.6 Å². The zero-order valence-electron chi connectivity index (χ0n) is 26.0. The van der Waals surface area contributed by atoms with Crippen molar-refractivity contribution in [2.45, 2.75) is 56.9 Å². The molecule has 2 heterocycles. The number of anilines is 1. The second-order valence-corrected chi connectivity index (χ2v) is 13.7. The van der Waals surface area contributed by atoms with Gasteiger partial charge in [-0.05, 0) is 99.5 Å². The number of aromatic nitrogens is 1. The third-order valence-corrected chi connectivity index (χ3v) is 10.3. The standard InChI is InChI=1S/C35H38FN3O4S2/c1-5-24-20-29(14-15-31(24)43-35(3,4)34(41)42)44-22-32-30(37-33(45-32)26-6-10-27(36)11-7-26)21-38-16-18-39(19-17-38)28-12-8-25(9-13-28)23(2)40/h6-15,20H,5,16-19,21-22H2,1-4H3,(H,41,42). The Hall–Kier alpha value is -3.73. The molecule has 7 nitrogen and oxygen atoms in total. The number of halogens is 1. The summed E-state index contributed by atoms with van der Waals surface area (Å²) in [6.45, 7) is 11.0. The Kier molecular flexibility index (Phi) is 10.3. The molecular weight excluding hydrogens is 610 g/mol. The fraction of sp³-hybridized carbons (Fsp3) is 0.343. The number of thioether (sulfide) groups is 1. The lowest BCUT2D eigenvalue weighted by Gasteiger charge is -2.36. The second-order valence-electron chi connectivity index (χ2n) is 11.6. The maximum Gasteiger partial charge on any atom is 0.347 e. The highest BCUT2D eigenvalue weighted by atomic mass is 32.2. The van der Waals surface area contributed by atoms with Gasteiger partial charge in [-0.2, -0.15) is 0 Å². The van der Waals surface area contributed by atoms with Crippen molar-refractivity contribution in [1.29, 1.82) is 0 Å². The molecule has 0 saturated carbocycles. The van der Waals surface area contributed by atoms with Crippen LogP contribution in [0.2, 0.25) is 0 Å². The zero-order chi connectivity index (χ0) is 32.1. The van der Waals surface area contributed by atoms with E-state index in [0.717, 1.165) is 76.5 Å². The van der Waals surface area contributed by atoms with Crippen LogP contribution in [0.15, 0.2) is 71.6 Å². The quantitative estimate of drug-likeness (QED) is 0.125. The first-order valence-corrected chi connectivity index (χ1v) is 16.8. The number of rotatable bonds is 12. The minimum Gasteiger partial charge on any atom is -0.478 e. The highest BCUT2D eigenvalue weighted by molar-refractivity contribution is 7.98. The van der Waals surface area contributed by atoms with E-state index in [1.54, 1.807) is 56.0 Å². The highest BCUT2D eigenvalue weighted by Crippen LogP contribution is 2.36. The first-order chi connectivity index (χ1) is 21.5. The molecule has 1 N–H and O–H groups in total. The number of Topliss-reactive ketones (excluding diaryl/α,β-unsaturated/α-hetero) is 1. The first-order valence-electron chi connectivity index (χ1n) is 15.0. The Balaban J connectivity index is 1.30. The van der Waals surface area contributed by atoms with Gasteiger partial charge in [0.1, 0.15) is 16.6 Å². The summed E-state index contributed by atoms with van der Waals surface area (Å²) < 4.78 is 19.5. The maximum atomic E-state index is 13.7. The lowest BCUT2D eigenvalue weighted by atomic mass is 10.1. The number of ketones is 1. The van der Waals surface area contributed by atoms with Crippen molar-refractivity contribution in [3.8, 4) is 16.3 Å². The van der Waals surface area contributed by atoms with Gasteiger partial charge in [0, 0.05) is 65.1 Å². The third kappa shape index (κ3) is 8.11. The molecule has 4 aromatic rings. The van der Waals surface area contributed by atoms with Gasteiger partial charge in [-0.1, -0.05) is 6.92 Å². The Morgan fingerprint density at radius 1 is 1.02 bits per heavy atom. The average Bonchev–Trinajstić information content (AvgIpc) is 3.43. The molecule has 0 aliphatic carbocycles. The molecule has 45 heavy (non-hydrogen) atoms. The SMILES string of the molecule is CCc1cc(SCc2sc(-c3ccc(F)cc3)nc2CN2CCN(c3ccc(C(C)=O)cc3)CC2)ccc1OC(C)(C)C(=O)O. The average molecular weight is 648 g/mol. The summed E-state index contributed by atoms with van der Waals surface area (Å²) in [7, 11) is 0. The number of ether oxygens (including phenoxy) is 1. The van der Waals surface area contributed by atoms with Gasteiger partial charge in [-0.3, -0.25) is 9.69 Å². The summed E-state index contributed by atoms with van der Waals surface area (Å²) in [6.07, 6.45) is 0.715. The summed E-state index contributed by atoms with van der Waals surface area (Å²) in [5.74, 6) is 0.0922. The zero-order valence-corrected chi connectivity index (χ0v) is 27.6. The smallest absolute Gasteiger partial charge is 0.347 e. The fourth-order valence-electron chi connectivity index (χ4n) is 5.11. The van der Waals surface area contributed by atoms with E-state index in [0.29, 0.717) is 12.2 Å². The Bertz CT molecular complexity index is 1650. The number of carboxylic acids is 1. The van der Waals surface area contributed by atoms with Crippen LogP contribution >= 0.6 is 23.1 Å². The number of carbonyl (C=O) groups is 2. The van der Waals surface area contributed by atoms with Crippen molar-refractivity contribution in [3.63, 3.8) is 0 Å². The maximum absolute atomic E-state index is 13.7.